The first-order valence-corrected chi connectivity index (χ1v) is 6.03. The van der Waals surface area contributed by atoms with Crippen molar-refractivity contribution in [2.75, 3.05) is 6.54 Å². The molecule has 2 bridgehead atoms. The van der Waals surface area contributed by atoms with E-state index >= 15 is 0 Å². The SMILES string of the molecule is O=C(c1ccc2nonc2c1)N1C[C@@H]2C=CC1C2. The van der Waals surface area contributed by atoms with Gasteiger partial charge in [-0.25, -0.2) is 4.63 Å². The maximum absolute atomic E-state index is 12.4. The summed E-state index contributed by atoms with van der Waals surface area (Å²) in [4.78, 5) is 14.3. The second kappa shape index (κ2) is 3.41. The number of aromatic nitrogens is 2. The Morgan fingerprint density at radius 1 is 1.28 bits per heavy atom. The molecule has 1 aromatic carbocycles. The van der Waals surface area contributed by atoms with E-state index in [1.54, 1.807) is 18.2 Å². The fourth-order valence-corrected chi connectivity index (χ4v) is 2.82. The lowest BCUT2D eigenvalue weighted by Gasteiger charge is -2.23. The molecule has 18 heavy (non-hydrogen) atoms. The van der Waals surface area contributed by atoms with Gasteiger partial charge in [-0.15, -0.1) is 0 Å². The van der Waals surface area contributed by atoms with Crippen molar-refractivity contribution in [3.05, 3.63) is 35.9 Å². The van der Waals surface area contributed by atoms with Crippen LogP contribution in [0.3, 0.4) is 0 Å². The van der Waals surface area contributed by atoms with Gasteiger partial charge >= 0.3 is 0 Å². The maximum atomic E-state index is 12.4. The van der Waals surface area contributed by atoms with Crippen LogP contribution in [0.25, 0.3) is 11.0 Å². The summed E-state index contributed by atoms with van der Waals surface area (Å²) in [5, 5.41) is 7.50. The third kappa shape index (κ3) is 1.30. The topological polar surface area (TPSA) is 59.2 Å². The Bertz CT molecular complexity index is 661. The van der Waals surface area contributed by atoms with E-state index in [1.165, 1.54) is 0 Å². The molecule has 1 saturated heterocycles. The van der Waals surface area contributed by atoms with Gasteiger partial charge < -0.3 is 4.90 Å². The third-order valence-corrected chi connectivity index (χ3v) is 3.74. The Hall–Kier alpha value is -2.17. The van der Waals surface area contributed by atoms with Crippen molar-refractivity contribution in [3.8, 4) is 0 Å². The standard InChI is InChI=1S/C13H11N3O2/c17-13(16-7-8-1-3-10(16)5-8)9-2-4-11-12(6-9)15-18-14-11/h1-4,6,8,10H,5,7H2/t8-,10?/m1/s1. The highest BCUT2D eigenvalue weighted by Gasteiger charge is 2.36. The average molecular weight is 241 g/mol. The number of amides is 1. The summed E-state index contributed by atoms with van der Waals surface area (Å²) in [5.41, 5.74) is 1.95. The zero-order chi connectivity index (χ0) is 12.1. The summed E-state index contributed by atoms with van der Waals surface area (Å²) < 4.78 is 4.64. The van der Waals surface area contributed by atoms with Crippen molar-refractivity contribution < 1.29 is 9.42 Å². The van der Waals surface area contributed by atoms with E-state index in [-0.39, 0.29) is 11.9 Å². The molecule has 1 aromatic heterocycles. The zero-order valence-electron chi connectivity index (χ0n) is 9.61. The number of carbonyl (C=O) groups excluding carboxylic acids is 1. The Balaban J connectivity index is 1.69. The predicted octanol–water partition coefficient (Wildman–Crippen LogP) is 1.62. The van der Waals surface area contributed by atoms with Crippen LogP contribution in [-0.2, 0) is 0 Å². The summed E-state index contributed by atoms with van der Waals surface area (Å²) in [6.45, 7) is 0.828. The largest absolute Gasteiger partial charge is 0.332 e. The molecular weight excluding hydrogens is 230 g/mol. The molecule has 5 heteroatoms. The summed E-state index contributed by atoms with van der Waals surface area (Å²) in [5.74, 6) is 0.605. The number of rotatable bonds is 1. The summed E-state index contributed by atoms with van der Waals surface area (Å²) >= 11 is 0. The number of carbonyl (C=O) groups is 1. The van der Waals surface area contributed by atoms with E-state index in [0.717, 1.165) is 13.0 Å². The van der Waals surface area contributed by atoms with Crippen LogP contribution in [0.2, 0.25) is 0 Å². The van der Waals surface area contributed by atoms with Gasteiger partial charge in [-0.1, -0.05) is 12.2 Å². The lowest BCUT2D eigenvalue weighted by Crippen LogP contribution is -2.35. The number of hydrogen-bond acceptors (Lipinski definition) is 4. The molecule has 90 valence electrons. The molecule has 0 radical (unpaired) electrons. The van der Waals surface area contributed by atoms with Gasteiger partial charge in [0.25, 0.3) is 5.91 Å². The van der Waals surface area contributed by atoms with Crippen molar-refractivity contribution in [1.29, 1.82) is 0 Å². The van der Waals surface area contributed by atoms with Crippen LogP contribution in [0.15, 0.2) is 35.0 Å². The van der Waals surface area contributed by atoms with Gasteiger partial charge in [0.05, 0.1) is 6.04 Å². The fraction of sp³-hybridized carbons (Fsp3) is 0.308. The van der Waals surface area contributed by atoms with Crippen molar-refractivity contribution in [3.63, 3.8) is 0 Å². The van der Waals surface area contributed by atoms with Crippen molar-refractivity contribution in [2.45, 2.75) is 12.5 Å². The van der Waals surface area contributed by atoms with Crippen LogP contribution in [0.4, 0.5) is 0 Å². The second-order valence-corrected chi connectivity index (χ2v) is 4.87. The lowest BCUT2D eigenvalue weighted by molar-refractivity contribution is 0.0754. The number of likely N-dealkylation sites (tertiary alicyclic amines) is 1. The third-order valence-electron chi connectivity index (χ3n) is 3.74. The van der Waals surface area contributed by atoms with Crippen molar-refractivity contribution in [2.24, 2.45) is 5.92 Å². The zero-order valence-corrected chi connectivity index (χ0v) is 9.61. The van der Waals surface area contributed by atoms with Crippen LogP contribution in [-0.4, -0.2) is 33.7 Å². The molecule has 1 unspecified atom stereocenters. The Labute approximate surface area is 103 Å². The van der Waals surface area contributed by atoms with Crippen LogP contribution >= 0.6 is 0 Å². The van der Waals surface area contributed by atoms with Gasteiger partial charge in [-0.3, -0.25) is 4.79 Å². The molecule has 0 N–H and O–H groups in total. The van der Waals surface area contributed by atoms with Crippen LogP contribution in [0, 0.1) is 5.92 Å². The number of benzene rings is 1. The number of hydrogen-bond donors (Lipinski definition) is 0. The minimum Gasteiger partial charge on any atom is -0.332 e. The molecule has 1 aliphatic carbocycles. The monoisotopic (exact) mass is 241 g/mol. The van der Waals surface area contributed by atoms with E-state index in [9.17, 15) is 4.79 Å². The van der Waals surface area contributed by atoms with E-state index in [2.05, 4.69) is 27.1 Å². The highest BCUT2D eigenvalue weighted by Crippen LogP contribution is 2.32. The molecule has 1 aliphatic heterocycles. The molecule has 2 aliphatic rings. The van der Waals surface area contributed by atoms with Gasteiger partial charge in [-0.2, -0.15) is 0 Å². The highest BCUT2D eigenvalue weighted by atomic mass is 16.6. The van der Waals surface area contributed by atoms with Gasteiger partial charge in [0, 0.05) is 12.1 Å². The predicted molar refractivity (Wildman–Crippen MR) is 63.9 cm³/mol. The highest BCUT2D eigenvalue weighted by molar-refractivity contribution is 5.97. The van der Waals surface area contributed by atoms with Crippen LogP contribution < -0.4 is 0 Å². The molecular formula is C13H11N3O2. The lowest BCUT2D eigenvalue weighted by atomic mass is 10.1. The minimum atomic E-state index is 0.0664. The van der Waals surface area contributed by atoms with Crippen molar-refractivity contribution in [1.82, 2.24) is 15.2 Å². The smallest absolute Gasteiger partial charge is 0.254 e. The second-order valence-electron chi connectivity index (χ2n) is 4.87. The first-order chi connectivity index (χ1) is 8.81. The molecule has 4 rings (SSSR count). The Kier molecular flexibility index (Phi) is 1.86. The summed E-state index contributed by atoms with van der Waals surface area (Å²) in [6.07, 6.45) is 5.40. The van der Waals surface area contributed by atoms with Crippen LogP contribution in [0.5, 0.6) is 0 Å². The number of fused-ring (bicyclic) bond motifs is 3. The van der Waals surface area contributed by atoms with E-state index in [0.29, 0.717) is 22.5 Å². The normalized spacial score (nSPS) is 25.2. The minimum absolute atomic E-state index is 0.0664. The first kappa shape index (κ1) is 9.82. The Morgan fingerprint density at radius 3 is 2.94 bits per heavy atom. The quantitative estimate of drug-likeness (QED) is 0.712. The molecule has 1 amide bonds. The van der Waals surface area contributed by atoms with Gasteiger partial charge in [0.15, 0.2) is 0 Å². The molecule has 2 heterocycles. The van der Waals surface area contributed by atoms with Gasteiger partial charge in [0.1, 0.15) is 11.0 Å². The summed E-state index contributed by atoms with van der Waals surface area (Å²) in [6, 6.07) is 5.56. The fourth-order valence-electron chi connectivity index (χ4n) is 2.82. The van der Waals surface area contributed by atoms with Gasteiger partial charge in [-0.05, 0) is 40.9 Å². The average Bonchev–Trinajstić information content (AvgIpc) is 3.12. The Morgan fingerprint density at radius 2 is 2.17 bits per heavy atom. The first-order valence-electron chi connectivity index (χ1n) is 6.03. The van der Waals surface area contributed by atoms with Gasteiger partial charge in [0.2, 0.25) is 0 Å². The molecule has 1 fully saturated rings. The molecule has 0 spiro atoms. The maximum Gasteiger partial charge on any atom is 0.254 e. The number of nitrogens with zero attached hydrogens (tertiary/aromatic N) is 3. The van der Waals surface area contributed by atoms with E-state index in [1.807, 2.05) is 4.90 Å². The van der Waals surface area contributed by atoms with E-state index in [4.69, 9.17) is 0 Å². The van der Waals surface area contributed by atoms with E-state index < -0.39 is 0 Å². The summed E-state index contributed by atoms with van der Waals surface area (Å²) in [7, 11) is 0. The molecule has 5 nitrogen and oxygen atoms in total. The van der Waals surface area contributed by atoms with Crippen LogP contribution in [0.1, 0.15) is 16.8 Å². The molecule has 0 saturated carbocycles. The van der Waals surface area contributed by atoms with Crippen molar-refractivity contribution >= 4 is 16.9 Å². The molecule has 2 atom stereocenters. The molecule has 2 aromatic rings.